The van der Waals surface area contributed by atoms with Crippen molar-refractivity contribution < 1.29 is 10.1 Å². The highest BCUT2D eigenvalue weighted by Crippen LogP contribution is 1.83. The molecule has 0 unspecified atom stereocenters. The fourth-order valence-corrected chi connectivity index (χ4v) is 0.591. The average Bonchev–Trinajstić information content (AvgIpc) is 1.95. The number of nitrogens with one attached hydrogen (secondary N) is 2. The van der Waals surface area contributed by atoms with E-state index in [1.165, 1.54) is 0 Å². The van der Waals surface area contributed by atoms with Crippen LogP contribution < -0.4 is 10.9 Å². The molecule has 0 fully saturated rings. The SMILES string of the molecule is O=[N+]([O-])NCCCCN[N+](=O)[O-]. The van der Waals surface area contributed by atoms with Gasteiger partial charge in [0.2, 0.25) is 0 Å². The average molecular weight is 178 g/mol. The van der Waals surface area contributed by atoms with Crippen molar-refractivity contribution in [2.75, 3.05) is 13.1 Å². The third-order valence-corrected chi connectivity index (χ3v) is 1.09. The first-order chi connectivity index (χ1) is 5.63. The summed E-state index contributed by atoms with van der Waals surface area (Å²) in [6, 6.07) is 0. The maximum absolute atomic E-state index is 9.71. The molecule has 0 heterocycles. The lowest BCUT2D eigenvalue weighted by Crippen LogP contribution is -2.25. The van der Waals surface area contributed by atoms with Crippen LogP contribution in [0.2, 0.25) is 0 Å². The van der Waals surface area contributed by atoms with Gasteiger partial charge in [-0.05, 0) is 12.8 Å². The van der Waals surface area contributed by atoms with E-state index in [4.69, 9.17) is 0 Å². The Kier molecular flexibility index (Phi) is 5.31. The van der Waals surface area contributed by atoms with E-state index in [1.54, 1.807) is 0 Å². The quantitative estimate of drug-likeness (QED) is 0.304. The monoisotopic (exact) mass is 178 g/mol. The molecule has 8 nitrogen and oxygen atoms in total. The van der Waals surface area contributed by atoms with E-state index in [0.717, 1.165) is 0 Å². The number of hydrazine groups is 2. The van der Waals surface area contributed by atoms with Gasteiger partial charge in [0.15, 0.2) is 10.1 Å². The molecule has 2 N–H and O–H groups in total. The Balaban J connectivity index is 3.01. The summed E-state index contributed by atoms with van der Waals surface area (Å²) in [5.74, 6) is 0. The first-order valence-electron chi connectivity index (χ1n) is 3.38. The van der Waals surface area contributed by atoms with Gasteiger partial charge >= 0.3 is 0 Å². The zero-order chi connectivity index (χ0) is 9.40. The van der Waals surface area contributed by atoms with Gasteiger partial charge in [0.25, 0.3) is 0 Å². The summed E-state index contributed by atoms with van der Waals surface area (Å²) >= 11 is 0. The third kappa shape index (κ3) is 8.40. The molecule has 0 aromatic rings. The van der Waals surface area contributed by atoms with Gasteiger partial charge in [-0.1, -0.05) is 0 Å². The normalized spacial score (nSPS) is 9.00. The second-order valence-corrected chi connectivity index (χ2v) is 2.04. The summed E-state index contributed by atoms with van der Waals surface area (Å²) < 4.78 is 0. The van der Waals surface area contributed by atoms with Gasteiger partial charge in [0.05, 0.1) is 13.1 Å². The molecule has 0 saturated heterocycles. The number of nitrogens with zero attached hydrogens (tertiary/aromatic N) is 2. The highest BCUT2D eigenvalue weighted by Gasteiger charge is 1.95. The maximum atomic E-state index is 9.71. The molecule has 0 bridgehead atoms. The van der Waals surface area contributed by atoms with Crippen molar-refractivity contribution in [3.63, 3.8) is 0 Å². The zero-order valence-corrected chi connectivity index (χ0v) is 6.36. The zero-order valence-electron chi connectivity index (χ0n) is 6.36. The molecule has 0 aromatic heterocycles. The van der Waals surface area contributed by atoms with Gasteiger partial charge in [-0.2, -0.15) is 0 Å². The summed E-state index contributed by atoms with van der Waals surface area (Å²) in [5.41, 5.74) is 3.92. The molecule has 8 heteroatoms. The van der Waals surface area contributed by atoms with Crippen LogP contribution in [0.5, 0.6) is 0 Å². The number of unbranched alkanes of at least 4 members (excludes halogenated alkanes) is 1. The van der Waals surface area contributed by atoms with Gasteiger partial charge < -0.3 is 0 Å². The van der Waals surface area contributed by atoms with Crippen molar-refractivity contribution in [1.29, 1.82) is 0 Å². The number of nitro groups is 2. The first-order valence-corrected chi connectivity index (χ1v) is 3.38. The molecule has 0 radical (unpaired) electrons. The van der Waals surface area contributed by atoms with Crippen molar-refractivity contribution >= 4 is 0 Å². The van der Waals surface area contributed by atoms with Crippen molar-refractivity contribution in [3.8, 4) is 0 Å². The maximum Gasteiger partial charge on any atom is 0.157 e. The summed E-state index contributed by atoms with van der Waals surface area (Å²) in [5, 5.41) is 18.1. The molecule has 12 heavy (non-hydrogen) atoms. The standard InChI is InChI=1S/C4H10N4O4/c9-7(10)5-3-1-2-4-6-8(11)12/h5-6H,1-4H2. The lowest BCUT2D eigenvalue weighted by Gasteiger charge is -1.96. The topological polar surface area (TPSA) is 110 Å². The molecular weight excluding hydrogens is 168 g/mol. The first kappa shape index (κ1) is 10.4. The molecule has 0 saturated carbocycles. The molecule has 0 atom stereocenters. The Hall–Kier alpha value is -1.60. The summed E-state index contributed by atoms with van der Waals surface area (Å²) in [4.78, 5) is 19.4. The Morgan fingerprint density at radius 3 is 1.50 bits per heavy atom. The summed E-state index contributed by atoms with van der Waals surface area (Å²) in [6.45, 7) is 0.457. The molecule has 70 valence electrons. The fourth-order valence-electron chi connectivity index (χ4n) is 0.591. The lowest BCUT2D eigenvalue weighted by atomic mass is 10.3. The van der Waals surface area contributed by atoms with Crippen molar-refractivity contribution in [2.24, 2.45) is 0 Å². The number of hydrogen-bond donors (Lipinski definition) is 2. The van der Waals surface area contributed by atoms with Crippen LogP contribution in [-0.2, 0) is 0 Å². The van der Waals surface area contributed by atoms with Crippen LogP contribution in [0, 0.1) is 20.2 Å². The van der Waals surface area contributed by atoms with E-state index in [9.17, 15) is 20.2 Å². The van der Waals surface area contributed by atoms with E-state index in [0.29, 0.717) is 12.8 Å². The van der Waals surface area contributed by atoms with Gasteiger partial charge in [0, 0.05) is 0 Å². The van der Waals surface area contributed by atoms with E-state index in [-0.39, 0.29) is 13.1 Å². The smallest absolute Gasteiger partial charge is 0.157 e. The lowest BCUT2D eigenvalue weighted by molar-refractivity contribution is -0.546. The van der Waals surface area contributed by atoms with E-state index in [1.807, 2.05) is 10.9 Å². The van der Waals surface area contributed by atoms with E-state index < -0.39 is 10.1 Å². The highest BCUT2D eigenvalue weighted by atomic mass is 16.7. The highest BCUT2D eigenvalue weighted by molar-refractivity contribution is 4.41. The molecular formula is C4H10N4O4. The molecule has 0 amide bonds. The summed E-state index contributed by atoms with van der Waals surface area (Å²) in [6.07, 6.45) is 1.06. The van der Waals surface area contributed by atoms with Crippen molar-refractivity contribution in [3.05, 3.63) is 20.2 Å². The molecule has 0 aliphatic heterocycles. The van der Waals surface area contributed by atoms with Crippen LogP contribution in [0.4, 0.5) is 0 Å². The molecule has 0 rings (SSSR count). The van der Waals surface area contributed by atoms with E-state index >= 15 is 0 Å². The number of hydrogen-bond acceptors (Lipinski definition) is 4. The predicted molar refractivity (Wildman–Crippen MR) is 39.2 cm³/mol. The van der Waals surface area contributed by atoms with Crippen LogP contribution in [0.25, 0.3) is 0 Å². The predicted octanol–water partition coefficient (Wildman–Crippen LogP) is -0.671. The van der Waals surface area contributed by atoms with Crippen LogP contribution in [0.1, 0.15) is 12.8 Å². The minimum absolute atomic E-state index is 0.229. The van der Waals surface area contributed by atoms with Gasteiger partial charge in [0.1, 0.15) is 0 Å². The van der Waals surface area contributed by atoms with Crippen molar-refractivity contribution in [1.82, 2.24) is 10.9 Å². The van der Waals surface area contributed by atoms with Gasteiger partial charge in [-0.25, -0.2) is 20.2 Å². The van der Waals surface area contributed by atoms with Gasteiger partial charge in [-0.3, -0.25) is 0 Å². The van der Waals surface area contributed by atoms with Crippen LogP contribution in [-0.4, -0.2) is 23.2 Å². The minimum Gasteiger partial charge on any atom is -0.235 e. The Morgan fingerprint density at radius 1 is 0.917 bits per heavy atom. The largest absolute Gasteiger partial charge is 0.235 e. The minimum atomic E-state index is -0.638. The van der Waals surface area contributed by atoms with Crippen molar-refractivity contribution in [2.45, 2.75) is 12.8 Å². The molecule has 0 aromatic carbocycles. The second-order valence-electron chi connectivity index (χ2n) is 2.04. The van der Waals surface area contributed by atoms with Crippen LogP contribution in [0.15, 0.2) is 0 Å². The number of rotatable bonds is 7. The Morgan fingerprint density at radius 2 is 1.25 bits per heavy atom. The van der Waals surface area contributed by atoms with E-state index in [2.05, 4.69) is 0 Å². The summed E-state index contributed by atoms with van der Waals surface area (Å²) in [7, 11) is 0. The Labute approximate surface area is 68.2 Å². The Bertz CT molecular complexity index is 143. The molecule has 0 aliphatic carbocycles. The van der Waals surface area contributed by atoms with Crippen LogP contribution >= 0.6 is 0 Å². The van der Waals surface area contributed by atoms with Crippen LogP contribution in [0.3, 0.4) is 0 Å². The molecule has 0 spiro atoms. The molecule has 0 aliphatic rings. The van der Waals surface area contributed by atoms with Gasteiger partial charge in [-0.15, -0.1) is 10.9 Å². The second kappa shape index (κ2) is 6.13. The fraction of sp³-hybridized carbons (Fsp3) is 1.00. The third-order valence-electron chi connectivity index (χ3n) is 1.09.